The van der Waals surface area contributed by atoms with E-state index in [0.717, 1.165) is 0 Å². The van der Waals surface area contributed by atoms with Crippen molar-refractivity contribution in [3.8, 4) is 0 Å². The van der Waals surface area contributed by atoms with Crippen molar-refractivity contribution < 1.29 is 26.3 Å². The van der Waals surface area contributed by atoms with Gasteiger partial charge in [-0.25, -0.2) is 8.78 Å². The van der Waals surface area contributed by atoms with Gasteiger partial charge in [-0.05, 0) is 0 Å². The lowest BCUT2D eigenvalue weighted by Gasteiger charge is -2.10. The first-order valence-electron chi connectivity index (χ1n) is 3.51. The van der Waals surface area contributed by atoms with Crippen molar-refractivity contribution in [3.63, 3.8) is 0 Å². The molecule has 0 radical (unpaired) electrons. The van der Waals surface area contributed by atoms with Gasteiger partial charge in [-0.2, -0.15) is 17.6 Å². The van der Waals surface area contributed by atoms with E-state index in [4.69, 9.17) is 0 Å². The Morgan fingerprint density at radius 1 is 1.27 bits per heavy atom. The first-order valence-corrected chi connectivity index (χ1v) is 3.51. The van der Waals surface area contributed by atoms with Crippen LogP contribution in [0.5, 0.6) is 0 Å². The zero-order valence-electron chi connectivity index (χ0n) is 6.83. The van der Waals surface area contributed by atoms with Gasteiger partial charge in [0, 0.05) is 6.07 Å². The van der Waals surface area contributed by atoms with Crippen LogP contribution in [0.3, 0.4) is 0 Å². The van der Waals surface area contributed by atoms with Gasteiger partial charge in [0.25, 0.3) is 6.43 Å². The van der Waals surface area contributed by atoms with Gasteiger partial charge in [0.15, 0.2) is 11.4 Å². The molecular formula is C7H3F6NO. The number of hydrogen-bond donors (Lipinski definition) is 1. The number of pyridine rings is 1. The second-order valence-electron chi connectivity index (χ2n) is 2.57. The van der Waals surface area contributed by atoms with Crippen molar-refractivity contribution in [3.05, 3.63) is 33.5 Å². The lowest BCUT2D eigenvalue weighted by Crippen LogP contribution is -2.23. The van der Waals surface area contributed by atoms with E-state index in [-0.39, 0.29) is 6.07 Å². The van der Waals surface area contributed by atoms with Crippen LogP contribution in [0.25, 0.3) is 0 Å². The second-order valence-corrected chi connectivity index (χ2v) is 2.57. The predicted molar refractivity (Wildman–Crippen MR) is 37.0 cm³/mol. The highest BCUT2D eigenvalue weighted by Gasteiger charge is 2.39. The summed E-state index contributed by atoms with van der Waals surface area (Å²) in [5.41, 5.74) is -5.65. The average Bonchev–Trinajstić information content (AvgIpc) is 1.99. The van der Waals surface area contributed by atoms with Gasteiger partial charge in [0.05, 0.1) is 0 Å². The van der Waals surface area contributed by atoms with Gasteiger partial charge >= 0.3 is 6.18 Å². The number of nitrogens with one attached hydrogen (secondary N) is 1. The van der Waals surface area contributed by atoms with E-state index >= 15 is 0 Å². The van der Waals surface area contributed by atoms with Crippen LogP contribution in [-0.4, -0.2) is 4.98 Å². The third kappa shape index (κ3) is 2.31. The van der Waals surface area contributed by atoms with Gasteiger partial charge in [0.1, 0.15) is 11.3 Å². The molecule has 0 amide bonds. The first kappa shape index (κ1) is 11.6. The van der Waals surface area contributed by atoms with Crippen LogP contribution in [0.1, 0.15) is 17.7 Å². The van der Waals surface area contributed by atoms with Gasteiger partial charge in [-0.15, -0.1) is 0 Å². The number of aromatic nitrogens is 1. The van der Waals surface area contributed by atoms with Crippen LogP contribution in [0.2, 0.25) is 0 Å². The fraction of sp³-hybridized carbons (Fsp3) is 0.286. The number of alkyl halides is 5. The smallest absolute Gasteiger partial charge is 0.330 e. The van der Waals surface area contributed by atoms with Crippen molar-refractivity contribution >= 4 is 0 Å². The average molecular weight is 231 g/mol. The minimum Gasteiger partial charge on any atom is -0.330 e. The monoisotopic (exact) mass is 231 g/mol. The molecule has 1 aromatic rings. The summed E-state index contributed by atoms with van der Waals surface area (Å²) in [6.45, 7) is 0. The van der Waals surface area contributed by atoms with Gasteiger partial charge in [-0.1, -0.05) is 0 Å². The molecule has 0 aromatic carbocycles. The third-order valence-corrected chi connectivity index (χ3v) is 1.53. The summed E-state index contributed by atoms with van der Waals surface area (Å²) in [7, 11) is 0. The largest absolute Gasteiger partial charge is 0.422 e. The number of rotatable bonds is 1. The molecule has 0 saturated heterocycles. The number of hydrogen-bond acceptors (Lipinski definition) is 1. The Hall–Kier alpha value is -1.47. The van der Waals surface area contributed by atoms with E-state index in [0.29, 0.717) is 0 Å². The van der Waals surface area contributed by atoms with Crippen LogP contribution in [0.15, 0.2) is 10.9 Å². The summed E-state index contributed by atoms with van der Waals surface area (Å²) in [6, 6.07) is -0.0330. The van der Waals surface area contributed by atoms with E-state index < -0.39 is 35.2 Å². The molecular weight excluding hydrogens is 228 g/mol. The van der Waals surface area contributed by atoms with E-state index in [1.807, 2.05) is 0 Å². The van der Waals surface area contributed by atoms with E-state index in [2.05, 4.69) is 0 Å². The maximum absolute atomic E-state index is 12.4. The van der Waals surface area contributed by atoms with Crippen LogP contribution in [0.4, 0.5) is 26.3 Å². The Bertz CT molecular complexity index is 420. The fourth-order valence-corrected chi connectivity index (χ4v) is 1.00. The highest BCUT2D eigenvalue weighted by molar-refractivity contribution is 5.24. The van der Waals surface area contributed by atoms with E-state index in [9.17, 15) is 31.1 Å². The van der Waals surface area contributed by atoms with Crippen molar-refractivity contribution in [1.82, 2.24) is 4.98 Å². The van der Waals surface area contributed by atoms with Gasteiger partial charge in [-0.3, -0.25) is 4.79 Å². The summed E-state index contributed by atoms with van der Waals surface area (Å²) in [5.74, 6) is -1.54. The highest BCUT2D eigenvalue weighted by Crippen LogP contribution is 2.32. The molecule has 2 nitrogen and oxygen atoms in total. The standard InChI is InChI=1S/C7H3F6NO/c8-3-1-2(15)4(7(11,12)13)5(14-3)6(9)10/h1,6H,(H,14,15). The Balaban J connectivity index is 3.55. The molecule has 1 rings (SSSR count). The molecule has 0 fully saturated rings. The van der Waals surface area contributed by atoms with Crippen molar-refractivity contribution in [2.24, 2.45) is 0 Å². The molecule has 0 spiro atoms. The maximum Gasteiger partial charge on any atom is 0.422 e. The molecule has 0 bridgehead atoms. The third-order valence-electron chi connectivity index (χ3n) is 1.53. The van der Waals surface area contributed by atoms with Crippen molar-refractivity contribution in [2.75, 3.05) is 0 Å². The van der Waals surface area contributed by atoms with Crippen LogP contribution in [0, 0.1) is 5.95 Å². The summed E-state index contributed by atoms with van der Waals surface area (Å²) in [4.78, 5) is 11.9. The molecule has 84 valence electrons. The van der Waals surface area contributed by atoms with Gasteiger partial charge in [0.2, 0.25) is 0 Å². The Labute approximate surface area is 78.5 Å². The molecule has 0 saturated carbocycles. The molecule has 0 aliphatic rings. The predicted octanol–water partition coefficient (Wildman–Crippen LogP) is 2.47. The Morgan fingerprint density at radius 2 is 1.80 bits per heavy atom. The minimum atomic E-state index is -5.24. The maximum atomic E-state index is 12.4. The molecule has 1 aromatic heterocycles. The highest BCUT2D eigenvalue weighted by atomic mass is 19.4. The summed E-state index contributed by atoms with van der Waals surface area (Å²) < 4.78 is 72.9. The summed E-state index contributed by atoms with van der Waals surface area (Å²) >= 11 is 0. The normalized spacial score (nSPS) is 12.2. The van der Waals surface area contributed by atoms with Crippen LogP contribution >= 0.6 is 0 Å². The Morgan fingerprint density at radius 3 is 2.20 bits per heavy atom. The minimum absolute atomic E-state index is 0.0330. The molecule has 15 heavy (non-hydrogen) atoms. The molecule has 8 heteroatoms. The zero-order chi connectivity index (χ0) is 11.8. The fourth-order valence-electron chi connectivity index (χ4n) is 1.00. The van der Waals surface area contributed by atoms with Crippen LogP contribution in [-0.2, 0) is 6.18 Å². The van der Waals surface area contributed by atoms with Crippen molar-refractivity contribution in [2.45, 2.75) is 12.6 Å². The molecule has 0 unspecified atom stereocenters. The molecule has 0 aliphatic carbocycles. The summed E-state index contributed by atoms with van der Waals surface area (Å²) in [5, 5.41) is 0. The molecule has 0 atom stereocenters. The van der Waals surface area contributed by atoms with E-state index in [1.165, 1.54) is 4.98 Å². The second kappa shape index (κ2) is 3.59. The lowest BCUT2D eigenvalue weighted by molar-refractivity contribution is -0.140. The lowest BCUT2D eigenvalue weighted by atomic mass is 10.2. The Kier molecular flexibility index (Phi) is 2.78. The number of halogens is 6. The summed E-state index contributed by atoms with van der Waals surface area (Å²) in [6.07, 6.45) is -8.85. The molecule has 1 N–H and O–H groups in total. The number of aromatic amines is 1. The van der Waals surface area contributed by atoms with E-state index in [1.54, 1.807) is 0 Å². The molecule has 1 heterocycles. The van der Waals surface area contributed by atoms with Crippen LogP contribution < -0.4 is 5.43 Å². The topological polar surface area (TPSA) is 32.9 Å². The molecule has 0 aliphatic heterocycles. The SMILES string of the molecule is O=c1cc(F)[nH]c(C(F)F)c1C(F)(F)F. The quantitative estimate of drug-likeness (QED) is 0.584. The zero-order valence-corrected chi connectivity index (χ0v) is 6.83. The van der Waals surface area contributed by atoms with Crippen molar-refractivity contribution in [1.29, 1.82) is 0 Å². The van der Waals surface area contributed by atoms with Gasteiger partial charge < -0.3 is 4.98 Å². The number of H-pyrrole nitrogens is 1. The first-order chi connectivity index (χ1) is 6.73.